The number of phenolic OH excluding ortho intramolecular Hbond substituents is 2. The van der Waals surface area contributed by atoms with Crippen LogP contribution in [0.3, 0.4) is 0 Å². The summed E-state index contributed by atoms with van der Waals surface area (Å²) in [5, 5.41) is 48.5. The molecule has 1 fully saturated rings. The predicted octanol–water partition coefficient (Wildman–Crippen LogP) is 2.73. The molecule has 13 nitrogen and oxygen atoms in total. The molecule has 0 saturated carbocycles. The van der Waals surface area contributed by atoms with E-state index in [9.17, 15) is 39.6 Å². The fraction of sp³-hybridized carbons (Fsp3) is 0.543. The summed E-state index contributed by atoms with van der Waals surface area (Å²) >= 11 is 0. The summed E-state index contributed by atoms with van der Waals surface area (Å²) < 4.78 is 17.6. The molecule has 1 amide bonds. The van der Waals surface area contributed by atoms with Crippen LogP contribution in [-0.4, -0.2) is 105 Å². The van der Waals surface area contributed by atoms with Crippen LogP contribution >= 0.6 is 12.4 Å². The molecule has 0 spiro atoms. The lowest BCUT2D eigenvalue weighted by atomic mass is 9.72. The highest BCUT2D eigenvalue weighted by molar-refractivity contribution is 6.31. The molecule has 1 heterocycles. The Bertz CT molecular complexity index is 1630. The van der Waals surface area contributed by atoms with Crippen LogP contribution in [0.5, 0.6) is 17.2 Å². The number of rotatable bonds is 11. The number of hydrogen-bond acceptors (Lipinski definition) is 12. The molecule has 49 heavy (non-hydrogen) atoms. The first-order valence-electron chi connectivity index (χ1n) is 16.4. The van der Waals surface area contributed by atoms with Crippen molar-refractivity contribution in [1.29, 1.82) is 0 Å². The normalized spacial score (nSPS) is 25.9. The van der Waals surface area contributed by atoms with Gasteiger partial charge in [-0.2, -0.15) is 0 Å². The van der Waals surface area contributed by atoms with E-state index < -0.39 is 82.6 Å². The highest BCUT2D eigenvalue weighted by Crippen LogP contribution is 2.52. The Balaban J connectivity index is 0.00000541. The van der Waals surface area contributed by atoms with Gasteiger partial charge in [-0.15, -0.1) is 12.4 Å². The smallest absolute Gasteiger partial charge is 0.234 e. The highest BCUT2D eigenvalue weighted by atomic mass is 35.5. The van der Waals surface area contributed by atoms with E-state index in [1.165, 1.54) is 32.2 Å². The number of nitrogens with zero attached hydrogens (tertiary/aromatic N) is 1. The Morgan fingerprint density at radius 2 is 1.71 bits per heavy atom. The van der Waals surface area contributed by atoms with E-state index in [1.54, 1.807) is 6.92 Å². The number of aliphatic hydroxyl groups excluding tert-OH is 1. The number of methoxy groups -OCH3 is 1. The highest BCUT2D eigenvalue weighted by Gasteiger charge is 2.49. The van der Waals surface area contributed by atoms with Crippen molar-refractivity contribution < 1.29 is 53.8 Å². The molecule has 0 aromatic heterocycles. The second-order valence-corrected chi connectivity index (χ2v) is 12.9. The second kappa shape index (κ2) is 15.1. The molecule has 2 aromatic carbocycles. The number of benzene rings is 2. The first-order valence-corrected chi connectivity index (χ1v) is 16.4. The molecule has 6 atom stereocenters. The van der Waals surface area contributed by atoms with E-state index in [4.69, 9.17) is 14.2 Å². The Morgan fingerprint density at radius 1 is 1.06 bits per heavy atom. The van der Waals surface area contributed by atoms with Crippen molar-refractivity contribution in [2.24, 2.45) is 0 Å². The van der Waals surface area contributed by atoms with Crippen LogP contribution in [-0.2, 0) is 25.5 Å². The molecule has 5 N–H and O–H groups in total. The molecule has 2 aliphatic carbocycles. The van der Waals surface area contributed by atoms with Crippen molar-refractivity contribution in [2.75, 3.05) is 26.7 Å². The minimum absolute atomic E-state index is 0. The standard InChI is InChI=1S/C35H44N2O11.ClH/c1-6-11-37(12-7-2)16-24(39)36-21-13-25(47-17(3)30(21)40)48-23-15-35(45,18(4)38)14-20-27(23)34(44)29-28(32(20)42)31(41)19-9-8-10-22(46-5)26(19)33(29)43;/h8-10,17,21,23,25,30,40,42,44-45H,6-7,11-16H2,1-5H3,(H,36,39);1H. The number of fused-ring (bicyclic) bond motifs is 3. The molecule has 2 aromatic rings. The lowest BCUT2D eigenvalue weighted by Crippen LogP contribution is -2.57. The summed E-state index contributed by atoms with van der Waals surface area (Å²) in [5.41, 5.74) is -3.25. The van der Waals surface area contributed by atoms with Gasteiger partial charge in [-0.25, -0.2) is 0 Å². The number of ketones is 3. The third kappa shape index (κ3) is 7.05. The first kappa shape index (κ1) is 38.2. The van der Waals surface area contributed by atoms with Gasteiger partial charge >= 0.3 is 0 Å². The molecular formula is C35H45ClN2O11. The lowest BCUT2D eigenvalue weighted by Gasteiger charge is -2.43. The Hall–Kier alpha value is -3.59. The summed E-state index contributed by atoms with van der Waals surface area (Å²) in [4.78, 5) is 55.3. The van der Waals surface area contributed by atoms with Gasteiger partial charge in [-0.1, -0.05) is 26.0 Å². The molecule has 268 valence electrons. The maximum atomic E-state index is 13.9. The number of aliphatic hydroxyl groups is 2. The molecule has 0 bridgehead atoms. The van der Waals surface area contributed by atoms with E-state index in [0.29, 0.717) is 0 Å². The van der Waals surface area contributed by atoms with Gasteiger partial charge in [-0.3, -0.25) is 24.1 Å². The molecule has 3 aliphatic rings. The van der Waals surface area contributed by atoms with Crippen molar-refractivity contribution in [1.82, 2.24) is 10.2 Å². The summed E-state index contributed by atoms with van der Waals surface area (Å²) in [5.74, 6) is -3.60. The van der Waals surface area contributed by atoms with Gasteiger partial charge in [-0.05, 0) is 45.8 Å². The SMILES string of the molecule is CCCN(CCC)CC(=O)NC1CC(OC2CC(O)(C(C)=O)Cc3c(O)c4c(c(O)c32)C(=O)c2c(OC)cccc2C4=O)OC(C)C1O.Cl. The zero-order chi connectivity index (χ0) is 35.1. The number of halogens is 1. The van der Waals surface area contributed by atoms with Crippen LogP contribution in [0.15, 0.2) is 18.2 Å². The third-order valence-electron chi connectivity index (χ3n) is 9.55. The maximum Gasteiger partial charge on any atom is 0.234 e. The molecule has 14 heteroatoms. The molecule has 6 unspecified atom stereocenters. The van der Waals surface area contributed by atoms with E-state index >= 15 is 0 Å². The fourth-order valence-corrected chi connectivity index (χ4v) is 7.13. The van der Waals surface area contributed by atoms with E-state index in [0.717, 1.165) is 25.9 Å². The van der Waals surface area contributed by atoms with Crippen LogP contribution < -0.4 is 10.1 Å². The van der Waals surface area contributed by atoms with Crippen molar-refractivity contribution >= 4 is 35.7 Å². The van der Waals surface area contributed by atoms with E-state index in [1.807, 2.05) is 18.7 Å². The summed E-state index contributed by atoms with van der Waals surface area (Å²) in [7, 11) is 1.34. The van der Waals surface area contributed by atoms with Gasteiger partial charge in [0.2, 0.25) is 11.7 Å². The van der Waals surface area contributed by atoms with Crippen LogP contribution in [0.2, 0.25) is 0 Å². The van der Waals surface area contributed by atoms with Crippen molar-refractivity contribution in [3.8, 4) is 17.2 Å². The van der Waals surface area contributed by atoms with Gasteiger partial charge in [0.15, 0.2) is 17.9 Å². The largest absolute Gasteiger partial charge is 0.507 e. The number of aromatic hydroxyl groups is 2. The average molecular weight is 705 g/mol. The van der Waals surface area contributed by atoms with Gasteiger partial charge in [0, 0.05) is 36.0 Å². The zero-order valence-corrected chi connectivity index (χ0v) is 29.1. The first-order chi connectivity index (χ1) is 22.8. The second-order valence-electron chi connectivity index (χ2n) is 12.9. The Kier molecular flexibility index (Phi) is 11.8. The topological polar surface area (TPSA) is 192 Å². The number of ether oxygens (including phenoxy) is 3. The van der Waals surface area contributed by atoms with Crippen LogP contribution in [0.25, 0.3) is 0 Å². The van der Waals surface area contributed by atoms with Gasteiger partial charge in [0.25, 0.3) is 0 Å². The summed E-state index contributed by atoms with van der Waals surface area (Å²) in [6, 6.07) is 3.65. The minimum Gasteiger partial charge on any atom is -0.507 e. The van der Waals surface area contributed by atoms with Crippen molar-refractivity contribution in [3.05, 3.63) is 51.6 Å². The summed E-state index contributed by atoms with van der Waals surface area (Å²) in [6.07, 6.45) is -3.41. The molecular weight excluding hydrogens is 660 g/mol. The number of phenols is 2. The molecule has 1 aliphatic heterocycles. The number of amides is 1. The van der Waals surface area contributed by atoms with Crippen LogP contribution in [0, 0.1) is 0 Å². The predicted molar refractivity (Wildman–Crippen MR) is 179 cm³/mol. The van der Waals surface area contributed by atoms with Crippen molar-refractivity contribution in [3.63, 3.8) is 0 Å². The average Bonchev–Trinajstić information content (AvgIpc) is 3.03. The zero-order valence-electron chi connectivity index (χ0n) is 28.3. The molecule has 5 rings (SSSR count). The monoisotopic (exact) mass is 704 g/mol. The van der Waals surface area contributed by atoms with Crippen molar-refractivity contribution in [2.45, 2.75) is 96.0 Å². The lowest BCUT2D eigenvalue weighted by molar-refractivity contribution is -0.249. The third-order valence-corrected chi connectivity index (χ3v) is 9.55. The number of carbonyl (C=O) groups excluding carboxylic acids is 4. The molecule has 1 saturated heterocycles. The molecule has 0 radical (unpaired) electrons. The van der Waals surface area contributed by atoms with Gasteiger partial charge in [0.1, 0.15) is 29.0 Å². The summed E-state index contributed by atoms with van der Waals surface area (Å²) in [6.45, 7) is 8.47. The Morgan fingerprint density at radius 3 is 2.33 bits per heavy atom. The van der Waals surface area contributed by atoms with E-state index in [2.05, 4.69) is 5.32 Å². The van der Waals surface area contributed by atoms with Crippen LogP contribution in [0.4, 0.5) is 0 Å². The number of nitrogens with one attached hydrogen (secondary N) is 1. The quantitative estimate of drug-likeness (QED) is 0.184. The fourth-order valence-electron chi connectivity index (χ4n) is 7.13. The Labute approximate surface area is 290 Å². The van der Waals surface area contributed by atoms with Crippen LogP contribution in [0.1, 0.15) is 102 Å². The number of hydrogen-bond donors (Lipinski definition) is 5. The van der Waals surface area contributed by atoms with Gasteiger partial charge in [0.05, 0.1) is 48.6 Å². The number of Topliss-reactive ketones (excluding diaryl/α,β-unsaturated/α-hetero) is 1. The maximum absolute atomic E-state index is 13.9. The van der Waals surface area contributed by atoms with Gasteiger partial charge < -0.3 is 40.0 Å². The van der Waals surface area contributed by atoms with E-state index in [-0.39, 0.29) is 65.7 Å². The number of carbonyl (C=O) groups is 4. The minimum atomic E-state index is -2.06.